The molecule has 1 fully saturated rings. The Kier molecular flexibility index (Phi) is 10.7. The lowest BCUT2D eigenvalue weighted by Crippen LogP contribution is -2.56. The molecule has 3 rings (SSSR count). The second-order valence-electron chi connectivity index (χ2n) is 9.10. The number of hydrogen-bond acceptors (Lipinski definition) is 8. The van der Waals surface area contributed by atoms with Crippen molar-refractivity contribution in [2.75, 3.05) is 37.4 Å². The number of benzene rings is 1. The van der Waals surface area contributed by atoms with Crippen LogP contribution >= 0.6 is 12.2 Å². The van der Waals surface area contributed by atoms with Crippen LogP contribution in [0, 0.1) is 0 Å². The van der Waals surface area contributed by atoms with Gasteiger partial charge in [-0.25, -0.2) is 0 Å². The molecule has 2 aliphatic heterocycles. The Morgan fingerprint density at radius 1 is 0.949 bits per heavy atom. The van der Waals surface area contributed by atoms with E-state index >= 15 is 0 Å². The summed E-state index contributed by atoms with van der Waals surface area (Å²) in [5, 5.41) is 0.253. The average Bonchev–Trinajstić information content (AvgIpc) is 3.23. The van der Waals surface area contributed by atoms with Gasteiger partial charge in [0.2, 0.25) is 5.88 Å². The average molecular weight is 578 g/mol. The molecule has 0 atom stereocenters. The quantitative estimate of drug-likeness (QED) is 0.160. The molecule has 10 nitrogen and oxygen atoms in total. The first-order valence-electron chi connectivity index (χ1n) is 13.0. The second kappa shape index (κ2) is 13.7. The molecule has 1 aromatic carbocycles. The lowest BCUT2D eigenvalue weighted by atomic mass is 10.1. The summed E-state index contributed by atoms with van der Waals surface area (Å²) in [7, 11) is -2.56. The van der Waals surface area contributed by atoms with E-state index < -0.39 is 27.7 Å². The lowest BCUT2D eigenvalue weighted by Gasteiger charge is -2.36. The highest BCUT2D eigenvalue weighted by atomic mass is 32.2. The van der Waals surface area contributed by atoms with Crippen LogP contribution in [0.3, 0.4) is 0 Å². The van der Waals surface area contributed by atoms with Crippen molar-refractivity contribution in [3.05, 3.63) is 54.0 Å². The molecule has 39 heavy (non-hydrogen) atoms. The number of ether oxygens (including phenoxy) is 2. The van der Waals surface area contributed by atoms with Gasteiger partial charge in [0, 0.05) is 25.7 Å². The standard InChI is InChI=1S/C27H35N3O7S2/c1-4-6-15-29-25(31)21(26(32)30(27(29)38)16-7-5-2)11-8-9-12-24-28(17-10-18-39(33,34)35)22-19-20(36-3)13-14-23(22)37-24/h8-9,11-14,19H,4-7,10,15-18H2,1-3H3,(H,33,34,35)/b9-8+,24-12+. The van der Waals surface area contributed by atoms with Crippen molar-refractivity contribution < 1.29 is 32.0 Å². The maximum absolute atomic E-state index is 13.1. The van der Waals surface area contributed by atoms with Crippen LogP contribution in [0.2, 0.25) is 0 Å². The second-order valence-corrected chi connectivity index (χ2v) is 11.0. The maximum atomic E-state index is 13.1. The molecule has 12 heteroatoms. The molecular formula is C27H35N3O7S2. The fourth-order valence-corrected chi connectivity index (χ4v) is 4.97. The van der Waals surface area contributed by atoms with Gasteiger partial charge >= 0.3 is 0 Å². The van der Waals surface area contributed by atoms with E-state index in [0.29, 0.717) is 36.2 Å². The number of rotatable bonds is 13. The molecule has 0 bridgehead atoms. The van der Waals surface area contributed by atoms with Crippen molar-refractivity contribution in [2.24, 2.45) is 0 Å². The first-order valence-corrected chi connectivity index (χ1v) is 15.0. The van der Waals surface area contributed by atoms with Crippen molar-refractivity contribution in [1.29, 1.82) is 0 Å². The molecular weight excluding hydrogens is 542 g/mol. The normalized spacial score (nSPS) is 16.9. The number of hydrogen-bond donors (Lipinski definition) is 1. The van der Waals surface area contributed by atoms with Crippen LogP contribution in [0.4, 0.5) is 5.69 Å². The zero-order valence-electron chi connectivity index (χ0n) is 22.5. The first-order chi connectivity index (χ1) is 18.6. The van der Waals surface area contributed by atoms with Crippen molar-refractivity contribution in [3.8, 4) is 11.5 Å². The summed E-state index contributed by atoms with van der Waals surface area (Å²) in [5.74, 6) is 0.363. The predicted molar refractivity (Wildman–Crippen MR) is 153 cm³/mol. The fourth-order valence-electron chi connectivity index (χ4n) is 4.13. The summed E-state index contributed by atoms with van der Waals surface area (Å²) in [6.07, 6.45) is 9.84. The zero-order valence-corrected chi connectivity index (χ0v) is 24.1. The summed E-state index contributed by atoms with van der Waals surface area (Å²) in [5.41, 5.74) is 0.725. The minimum absolute atomic E-state index is 0.0378. The third-order valence-corrected chi connectivity index (χ3v) is 7.46. The van der Waals surface area contributed by atoms with Gasteiger partial charge in [0.1, 0.15) is 11.3 Å². The number of allylic oxidation sites excluding steroid dienone is 4. The number of thiocarbonyl (C=S) groups is 1. The number of methoxy groups -OCH3 is 1. The molecule has 0 radical (unpaired) electrons. The summed E-state index contributed by atoms with van der Waals surface area (Å²) in [6.45, 7) is 5.20. The van der Waals surface area contributed by atoms with Gasteiger partial charge in [-0.1, -0.05) is 38.8 Å². The predicted octanol–water partition coefficient (Wildman–Crippen LogP) is 4.05. The van der Waals surface area contributed by atoms with Crippen molar-refractivity contribution >= 4 is 45.0 Å². The van der Waals surface area contributed by atoms with Crippen LogP contribution in [0.25, 0.3) is 0 Å². The van der Waals surface area contributed by atoms with Gasteiger partial charge in [-0.2, -0.15) is 8.42 Å². The van der Waals surface area contributed by atoms with E-state index in [-0.39, 0.29) is 23.7 Å². The van der Waals surface area contributed by atoms with E-state index in [0.717, 1.165) is 25.7 Å². The van der Waals surface area contributed by atoms with E-state index in [1.807, 2.05) is 13.8 Å². The van der Waals surface area contributed by atoms with Crippen LogP contribution in [0.1, 0.15) is 46.0 Å². The highest BCUT2D eigenvalue weighted by Gasteiger charge is 2.38. The van der Waals surface area contributed by atoms with Crippen molar-refractivity contribution in [3.63, 3.8) is 0 Å². The third-order valence-electron chi connectivity index (χ3n) is 6.22. The van der Waals surface area contributed by atoms with Crippen molar-refractivity contribution in [1.82, 2.24) is 9.80 Å². The van der Waals surface area contributed by atoms with Crippen LogP contribution in [-0.4, -0.2) is 72.2 Å². The summed E-state index contributed by atoms with van der Waals surface area (Å²) in [6, 6.07) is 5.26. The van der Waals surface area contributed by atoms with E-state index in [9.17, 15) is 18.0 Å². The Hall–Kier alpha value is -3.22. The third kappa shape index (κ3) is 7.68. The van der Waals surface area contributed by atoms with Crippen molar-refractivity contribution in [2.45, 2.75) is 46.0 Å². The van der Waals surface area contributed by atoms with E-state index in [1.165, 1.54) is 15.9 Å². The fraction of sp³-hybridized carbons (Fsp3) is 0.444. The van der Waals surface area contributed by atoms with Gasteiger partial charge in [0.15, 0.2) is 10.9 Å². The van der Waals surface area contributed by atoms with Gasteiger partial charge in [0.25, 0.3) is 21.9 Å². The highest BCUT2D eigenvalue weighted by Crippen LogP contribution is 2.41. The Labute approximate surface area is 235 Å². The van der Waals surface area contributed by atoms with Crippen LogP contribution in [0.15, 0.2) is 54.0 Å². The highest BCUT2D eigenvalue weighted by molar-refractivity contribution is 7.85. The molecule has 212 valence electrons. The number of fused-ring (bicyclic) bond motifs is 1. The molecule has 0 aromatic heterocycles. The van der Waals surface area contributed by atoms with Gasteiger partial charge in [0.05, 0.1) is 18.6 Å². The zero-order chi connectivity index (χ0) is 28.6. The number of carbonyl (C=O) groups excluding carboxylic acids is 2. The van der Waals surface area contributed by atoms with Gasteiger partial charge < -0.3 is 14.4 Å². The molecule has 0 spiro atoms. The van der Waals surface area contributed by atoms with Crippen LogP contribution < -0.4 is 14.4 Å². The molecule has 0 unspecified atom stereocenters. The lowest BCUT2D eigenvalue weighted by molar-refractivity contribution is -0.133. The Morgan fingerprint density at radius 3 is 2.10 bits per heavy atom. The van der Waals surface area contributed by atoms with Crippen LogP contribution in [-0.2, 0) is 19.7 Å². The molecule has 1 aromatic rings. The Bertz CT molecular complexity index is 1260. The maximum Gasteiger partial charge on any atom is 0.265 e. The number of nitrogens with zero attached hydrogens (tertiary/aromatic N) is 3. The SMILES string of the molecule is CCCCN1C(=O)C(=C/C=C/C=C2/Oc3ccc(OC)cc3N2CCCS(=O)(=O)O)C(=O)N(CCCC)C1=S. The molecule has 2 heterocycles. The largest absolute Gasteiger partial charge is 0.497 e. The topological polar surface area (TPSA) is 117 Å². The molecule has 1 N–H and O–H groups in total. The van der Waals surface area contributed by atoms with Gasteiger partial charge in [-0.3, -0.25) is 23.9 Å². The summed E-state index contributed by atoms with van der Waals surface area (Å²) >= 11 is 5.48. The molecule has 2 amide bonds. The van der Waals surface area contributed by atoms with E-state index in [1.54, 1.807) is 48.4 Å². The molecule has 0 aliphatic carbocycles. The van der Waals surface area contributed by atoms with Gasteiger partial charge in [-0.05, 0) is 55.8 Å². The van der Waals surface area contributed by atoms with Gasteiger partial charge in [-0.15, -0.1) is 0 Å². The monoisotopic (exact) mass is 577 g/mol. The first kappa shape index (κ1) is 30.3. The number of amides is 2. The molecule has 0 saturated carbocycles. The smallest absolute Gasteiger partial charge is 0.265 e. The van der Waals surface area contributed by atoms with E-state index in [4.69, 9.17) is 26.2 Å². The summed E-state index contributed by atoms with van der Waals surface area (Å²) < 4.78 is 42.8. The number of unbranched alkanes of at least 4 members (excludes halogenated alkanes) is 2. The minimum atomic E-state index is -4.11. The number of carbonyl (C=O) groups is 2. The van der Waals surface area contributed by atoms with E-state index in [2.05, 4.69) is 0 Å². The van der Waals surface area contributed by atoms with Crippen LogP contribution in [0.5, 0.6) is 11.5 Å². The Morgan fingerprint density at radius 2 is 1.54 bits per heavy atom. The molecule has 1 saturated heterocycles. The number of anilines is 1. The molecule has 2 aliphatic rings. The Balaban J connectivity index is 1.85. The minimum Gasteiger partial charge on any atom is -0.497 e. The summed E-state index contributed by atoms with van der Waals surface area (Å²) in [4.78, 5) is 31.0.